The van der Waals surface area contributed by atoms with Crippen molar-refractivity contribution < 1.29 is 4.79 Å². The van der Waals surface area contributed by atoms with Crippen LogP contribution in [-0.2, 0) is 4.79 Å². The van der Waals surface area contributed by atoms with Crippen molar-refractivity contribution in [1.29, 1.82) is 0 Å². The Balaban J connectivity index is 3.77. The third kappa shape index (κ3) is 6.81. The zero-order valence-corrected chi connectivity index (χ0v) is 7.63. The monoisotopic (exact) mass is 165 g/mol. The fourth-order valence-corrected chi connectivity index (χ4v) is 0.621. The van der Waals surface area contributed by atoms with Crippen molar-refractivity contribution in [2.45, 2.75) is 13.8 Å². The molecule has 1 amide bonds. The van der Waals surface area contributed by atoms with E-state index in [9.17, 15) is 4.79 Å². The van der Waals surface area contributed by atoms with Gasteiger partial charge in [0.2, 0.25) is 5.91 Å². The van der Waals surface area contributed by atoms with Crippen molar-refractivity contribution >= 4 is 5.91 Å². The molecule has 1 N–H and O–H groups in total. The Morgan fingerprint density at radius 1 is 1.42 bits per heavy atom. The van der Waals surface area contributed by atoms with Crippen molar-refractivity contribution in [2.75, 3.05) is 6.54 Å². The molecule has 0 spiro atoms. The molecule has 0 radical (unpaired) electrons. The molecular formula is C10H15NO. The maximum Gasteiger partial charge on any atom is 0.217 e. The van der Waals surface area contributed by atoms with Gasteiger partial charge >= 0.3 is 0 Å². The number of allylic oxidation sites excluding steroid dienone is 4. The third-order valence-corrected chi connectivity index (χ3v) is 1.24. The van der Waals surface area contributed by atoms with E-state index >= 15 is 0 Å². The van der Waals surface area contributed by atoms with Crippen molar-refractivity contribution in [3.63, 3.8) is 0 Å². The summed E-state index contributed by atoms with van der Waals surface area (Å²) in [7, 11) is 0. The van der Waals surface area contributed by atoms with E-state index in [1.807, 2.05) is 25.2 Å². The zero-order valence-electron chi connectivity index (χ0n) is 7.63. The van der Waals surface area contributed by atoms with Crippen molar-refractivity contribution in [3.8, 4) is 0 Å². The van der Waals surface area contributed by atoms with Gasteiger partial charge in [-0.1, -0.05) is 36.5 Å². The van der Waals surface area contributed by atoms with E-state index < -0.39 is 0 Å². The van der Waals surface area contributed by atoms with Gasteiger partial charge in [-0.3, -0.25) is 4.79 Å². The van der Waals surface area contributed by atoms with Crippen LogP contribution in [0, 0.1) is 0 Å². The minimum Gasteiger partial charge on any atom is -0.353 e. The molecule has 66 valence electrons. The highest BCUT2D eigenvalue weighted by atomic mass is 16.1. The SMILES string of the molecule is C=C/C=C\C=C(/C)CNC(C)=O. The van der Waals surface area contributed by atoms with Gasteiger partial charge in [0.05, 0.1) is 0 Å². The minimum atomic E-state index is -0.00421. The normalized spacial score (nSPS) is 11.7. The van der Waals surface area contributed by atoms with Crippen LogP contribution in [0.15, 0.2) is 36.5 Å². The van der Waals surface area contributed by atoms with E-state index in [1.54, 1.807) is 6.08 Å². The van der Waals surface area contributed by atoms with Crippen LogP contribution in [0.5, 0.6) is 0 Å². The average molecular weight is 165 g/mol. The minimum absolute atomic E-state index is 0.00421. The topological polar surface area (TPSA) is 29.1 Å². The summed E-state index contributed by atoms with van der Waals surface area (Å²) < 4.78 is 0. The molecule has 2 nitrogen and oxygen atoms in total. The first kappa shape index (κ1) is 10.7. The molecule has 0 fully saturated rings. The highest BCUT2D eigenvalue weighted by Gasteiger charge is 1.89. The molecule has 0 aromatic carbocycles. The predicted molar refractivity (Wildman–Crippen MR) is 51.8 cm³/mol. The number of carbonyl (C=O) groups is 1. The quantitative estimate of drug-likeness (QED) is 0.632. The smallest absolute Gasteiger partial charge is 0.217 e. The zero-order chi connectivity index (χ0) is 9.40. The summed E-state index contributed by atoms with van der Waals surface area (Å²) in [5.41, 5.74) is 1.11. The summed E-state index contributed by atoms with van der Waals surface area (Å²) in [6.45, 7) is 7.62. The summed E-state index contributed by atoms with van der Waals surface area (Å²) >= 11 is 0. The summed E-state index contributed by atoms with van der Waals surface area (Å²) in [6, 6.07) is 0. The Morgan fingerprint density at radius 3 is 2.58 bits per heavy atom. The van der Waals surface area contributed by atoms with Gasteiger partial charge in [0, 0.05) is 13.5 Å². The molecular weight excluding hydrogens is 150 g/mol. The number of rotatable bonds is 4. The molecule has 0 rings (SSSR count). The van der Waals surface area contributed by atoms with Gasteiger partial charge in [-0.25, -0.2) is 0 Å². The van der Waals surface area contributed by atoms with Crippen LogP contribution in [0.3, 0.4) is 0 Å². The highest BCUT2D eigenvalue weighted by Crippen LogP contribution is 1.90. The van der Waals surface area contributed by atoms with Gasteiger partial charge in [0.1, 0.15) is 0 Å². The molecule has 0 atom stereocenters. The van der Waals surface area contributed by atoms with E-state index in [0.717, 1.165) is 5.57 Å². The summed E-state index contributed by atoms with van der Waals surface area (Å²) in [5.74, 6) is -0.00421. The number of hydrogen-bond acceptors (Lipinski definition) is 1. The van der Waals surface area contributed by atoms with Crippen LogP contribution in [-0.4, -0.2) is 12.5 Å². The van der Waals surface area contributed by atoms with Crippen molar-refractivity contribution in [2.24, 2.45) is 0 Å². The molecule has 0 bridgehead atoms. The van der Waals surface area contributed by atoms with E-state index in [-0.39, 0.29) is 5.91 Å². The second-order valence-electron chi connectivity index (χ2n) is 2.54. The maximum atomic E-state index is 10.5. The van der Waals surface area contributed by atoms with Crippen molar-refractivity contribution in [3.05, 3.63) is 36.5 Å². The Bertz CT molecular complexity index is 214. The van der Waals surface area contributed by atoms with Crippen LogP contribution in [0.2, 0.25) is 0 Å². The van der Waals surface area contributed by atoms with Gasteiger partial charge in [0.25, 0.3) is 0 Å². The molecule has 0 saturated carbocycles. The lowest BCUT2D eigenvalue weighted by Gasteiger charge is -1.99. The van der Waals surface area contributed by atoms with E-state index in [2.05, 4.69) is 11.9 Å². The standard InChI is InChI=1S/C10H15NO/c1-4-5-6-7-9(2)8-11-10(3)12/h4-7H,1,8H2,2-3H3,(H,11,12)/b6-5-,9-7+. The number of carbonyl (C=O) groups excluding carboxylic acids is 1. The molecule has 0 saturated heterocycles. The Hall–Kier alpha value is -1.31. The lowest BCUT2D eigenvalue weighted by atomic mass is 10.2. The first-order chi connectivity index (χ1) is 5.66. The van der Waals surface area contributed by atoms with Gasteiger partial charge < -0.3 is 5.32 Å². The van der Waals surface area contributed by atoms with Crippen LogP contribution >= 0.6 is 0 Å². The largest absolute Gasteiger partial charge is 0.353 e. The molecule has 0 heterocycles. The summed E-state index contributed by atoms with van der Waals surface area (Å²) in [5, 5.41) is 2.71. The molecule has 0 aliphatic rings. The second-order valence-corrected chi connectivity index (χ2v) is 2.54. The van der Waals surface area contributed by atoms with Gasteiger partial charge in [-0.2, -0.15) is 0 Å². The van der Waals surface area contributed by atoms with Gasteiger partial charge in [0.15, 0.2) is 0 Å². The maximum absolute atomic E-state index is 10.5. The van der Waals surface area contributed by atoms with E-state index in [1.165, 1.54) is 6.92 Å². The highest BCUT2D eigenvalue weighted by molar-refractivity contribution is 5.73. The Kier molecular flexibility index (Phi) is 5.70. The third-order valence-electron chi connectivity index (χ3n) is 1.24. The molecule has 12 heavy (non-hydrogen) atoms. The molecule has 0 unspecified atom stereocenters. The number of hydrogen-bond donors (Lipinski definition) is 1. The Morgan fingerprint density at radius 2 is 2.08 bits per heavy atom. The first-order valence-electron chi connectivity index (χ1n) is 3.86. The molecule has 0 aromatic rings. The average Bonchev–Trinajstić information content (AvgIpc) is 2.01. The molecule has 0 aromatic heterocycles. The van der Waals surface area contributed by atoms with Gasteiger partial charge in [-0.05, 0) is 6.92 Å². The lowest BCUT2D eigenvalue weighted by Crippen LogP contribution is -2.21. The summed E-state index contributed by atoms with van der Waals surface area (Å²) in [6.07, 6.45) is 7.39. The van der Waals surface area contributed by atoms with Crippen LogP contribution < -0.4 is 5.32 Å². The number of nitrogens with one attached hydrogen (secondary N) is 1. The lowest BCUT2D eigenvalue weighted by molar-refractivity contribution is -0.118. The molecule has 2 heteroatoms. The fourth-order valence-electron chi connectivity index (χ4n) is 0.621. The fraction of sp³-hybridized carbons (Fsp3) is 0.300. The van der Waals surface area contributed by atoms with Crippen LogP contribution in [0.1, 0.15) is 13.8 Å². The molecule has 0 aliphatic carbocycles. The molecule has 0 aliphatic heterocycles. The van der Waals surface area contributed by atoms with Crippen LogP contribution in [0.4, 0.5) is 0 Å². The van der Waals surface area contributed by atoms with E-state index in [4.69, 9.17) is 0 Å². The van der Waals surface area contributed by atoms with Crippen molar-refractivity contribution in [1.82, 2.24) is 5.32 Å². The van der Waals surface area contributed by atoms with Crippen LogP contribution in [0.25, 0.3) is 0 Å². The first-order valence-corrected chi connectivity index (χ1v) is 3.86. The summed E-state index contributed by atoms with van der Waals surface area (Å²) in [4.78, 5) is 10.5. The Labute approximate surface area is 73.7 Å². The van der Waals surface area contributed by atoms with Gasteiger partial charge in [-0.15, -0.1) is 0 Å². The number of amides is 1. The second kappa shape index (κ2) is 6.40. The van der Waals surface area contributed by atoms with E-state index in [0.29, 0.717) is 6.54 Å². The predicted octanol–water partition coefficient (Wildman–Crippen LogP) is 1.81.